The summed E-state index contributed by atoms with van der Waals surface area (Å²) in [4.78, 5) is 6.53. The minimum absolute atomic E-state index is 0.00286. The first-order valence-corrected chi connectivity index (χ1v) is 11.1. The van der Waals surface area contributed by atoms with E-state index >= 15 is 0 Å². The lowest BCUT2D eigenvalue weighted by Crippen LogP contribution is -2.40. The third-order valence-electron chi connectivity index (χ3n) is 6.22. The lowest BCUT2D eigenvalue weighted by atomic mass is 9.81. The Hall–Kier alpha value is -2.07. The Balaban J connectivity index is 1.47. The van der Waals surface area contributed by atoms with Crippen molar-refractivity contribution >= 4 is 17.3 Å². The van der Waals surface area contributed by atoms with Crippen LogP contribution in [0.2, 0.25) is 5.15 Å². The van der Waals surface area contributed by atoms with Gasteiger partial charge in [-0.15, -0.1) is 0 Å². The summed E-state index contributed by atoms with van der Waals surface area (Å²) in [6, 6.07) is 1.89. The maximum atomic E-state index is 9.63. The zero-order valence-corrected chi connectivity index (χ0v) is 18.2. The molecule has 0 aromatic carbocycles. The van der Waals surface area contributed by atoms with E-state index in [0.717, 1.165) is 68.9 Å². The van der Waals surface area contributed by atoms with E-state index in [0.29, 0.717) is 11.1 Å². The molecule has 2 aromatic rings. The van der Waals surface area contributed by atoms with Gasteiger partial charge in [-0.3, -0.25) is 4.68 Å². The first-order chi connectivity index (χ1) is 14.5. The van der Waals surface area contributed by atoms with Gasteiger partial charge >= 0.3 is 0 Å². The molecule has 2 saturated heterocycles. The molecule has 0 radical (unpaired) electrons. The Morgan fingerprint density at radius 2 is 2.13 bits per heavy atom. The fourth-order valence-corrected chi connectivity index (χ4v) is 4.26. The van der Waals surface area contributed by atoms with Crippen LogP contribution in [0.5, 0.6) is 0 Å². The molecular weight excluding hydrogens is 400 g/mol. The summed E-state index contributed by atoms with van der Waals surface area (Å²) in [5.74, 6) is 7.02. The number of aliphatic hydroxyl groups is 1. The molecule has 6 nitrogen and oxygen atoms in total. The van der Waals surface area contributed by atoms with E-state index in [1.54, 1.807) is 6.20 Å². The largest absolute Gasteiger partial charge is 0.396 e. The van der Waals surface area contributed by atoms with Crippen molar-refractivity contribution in [3.8, 4) is 11.8 Å². The smallest absolute Gasteiger partial charge is 0.131 e. The van der Waals surface area contributed by atoms with Crippen molar-refractivity contribution < 1.29 is 9.84 Å². The SMILES string of the molecule is CC1(CO)CCN(c2cc(Cl)ncc2C#Cc2cnn(CC3CCCOC3)c2)CC1. The quantitative estimate of drug-likeness (QED) is 0.597. The summed E-state index contributed by atoms with van der Waals surface area (Å²) in [7, 11) is 0. The highest BCUT2D eigenvalue weighted by atomic mass is 35.5. The first-order valence-electron chi connectivity index (χ1n) is 10.7. The van der Waals surface area contributed by atoms with Crippen LogP contribution >= 0.6 is 11.6 Å². The minimum Gasteiger partial charge on any atom is -0.396 e. The Morgan fingerprint density at radius 1 is 1.30 bits per heavy atom. The second kappa shape index (κ2) is 9.38. The Bertz CT molecular complexity index is 919. The van der Waals surface area contributed by atoms with Crippen LogP contribution in [-0.4, -0.2) is 52.8 Å². The maximum Gasteiger partial charge on any atom is 0.131 e. The van der Waals surface area contributed by atoms with Crippen LogP contribution in [0.1, 0.15) is 43.7 Å². The van der Waals surface area contributed by atoms with Gasteiger partial charge in [-0.2, -0.15) is 5.10 Å². The maximum absolute atomic E-state index is 9.63. The molecule has 7 heteroatoms. The van der Waals surface area contributed by atoms with E-state index in [2.05, 4.69) is 33.7 Å². The van der Waals surface area contributed by atoms with Gasteiger partial charge in [0.05, 0.1) is 29.6 Å². The van der Waals surface area contributed by atoms with E-state index in [-0.39, 0.29) is 12.0 Å². The summed E-state index contributed by atoms with van der Waals surface area (Å²) in [5.41, 5.74) is 2.76. The van der Waals surface area contributed by atoms with Crippen LogP contribution in [0.15, 0.2) is 24.7 Å². The van der Waals surface area contributed by atoms with Crippen molar-refractivity contribution in [2.75, 3.05) is 37.8 Å². The van der Waals surface area contributed by atoms with Gasteiger partial charge < -0.3 is 14.7 Å². The minimum atomic E-state index is -0.00286. The molecule has 1 atom stereocenters. The summed E-state index contributed by atoms with van der Waals surface area (Å²) < 4.78 is 7.52. The molecule has 4 heterocycles. The molecule has 0 bridgehead atoms. The van der Waals surface area contributed by atoms with Crippen molar-refractivity contribution in [3.05, 3.63) is 40.9 Å². The van der Waals surface area contributed by atoms with Crippen LogP contribution in [0.3, 0.4) is 0 Å². The summed E-state index contributed by atoms with van der Waals surface area (Å²) in [6.45, 7) is 6.66. The van der Waals surface area contributed by atoms with Crippen LogP contribution < -0.4 is 4.90 Å². The lowest BCUT2D eigenvalue weighted by Gasteiger charge is -2.39. The van der Waals surface area contributed by atoms with E-state index in [1.165, 1.54) is 6.42 Å². The summed E-state index contributed by atoms with van der Waals surface area (Å²) in [6.07, 6.45) is 9.74. The van der Waals surface area contributed by atoms with Gasteiger partial charge in [-0.1, -0.05) is 30.4 Å². The van der Waals surface area contributed by atoms with Gasteiger partial charge in [0, 0.05) is 57.2 Å². The van der Waals surface area contributed by atoms with E-state index in [1.807, 2.05) is 23.1 Å². The second-order valence-electron chi connectivity index (χ2n) is 8.76. The molecule has 2 aliphatic rings. The standard InChI is InChI=1S/C23H29ClN4O2/c1-23(17-29)6-8-27(9-7-23)21-11-22(24)25-13-20(21)5-4-18-12-26-28(14-18)15-19-3-2-10-30-16-19/h11-14,19,29H,2-3,6-10,15-17H2,1H3. The highest BCUT2D eigenvalue weighted by Gasteiger charge is 2.30. The summed E-state index contributed by atoms with van der Waals surface area (Å²) in [5, 5.41) is 14.6. The van der Waals surface area contributed by atoms with Gasteiger partial charge in [-0.05, 0) is 31.1 Å². The number of hydrogen-bond donors (Lipinski definition) is 1. The number of halogens is 1. The van der Waals surface area contributed by atoms with Crippen molar-refractivity contribution in [1.82, 2.24) is 14.8 Å². The molecule has 2 fully saturated rings. The topological polar surface area (TPSA) is 63.4 Å². The molecule has 2 aromatic heterocycles. The zero-order valence-electron chi connectivity index (χ0n) is 17.5. The number of aliphatic hydroxyl groups excluding tert-OH is 1. The van der Waals surface area contributed by atoms with E-state index < -0.39 is 0 Å². The molecule has 1 N–H and O–H groups in total. The molecule has 0 spiro atoms. The number of nitrogens with zero attached hydrogens (tertiary/aromatic N) is 4. The van der Waals surface area contributed by atoms with E-state index in [4.69, 9.17) is 16.3 Å². The predicted octanol–water partition coefficient (Wildman–Crippen LogP) is 3.36. The Morgan fingerprint density at radius 3 is 2.87 bits per heavy atom. The van der Waals surface area contributed by atoms with Crippen molar-refractivity contribution in [2.45, 2.75) is 39.2 Å². The van der Waals surface area contributed by atoms with E-state index in [9.17, 15) is 5.11 Å². The molecule has 0 saturated carbocycles. The molecule has 2 aliphatic heterocycles. The molecule has 30 heavy (non-hydrogen) atoms. The monoisotopic (exact) mass is 428 g/mol. The molecule has 0 amide bonds. The highest BCUT2D eigenvalue weighted by molar-refractivity contribution is 6.29. The van der Waals surface area contributed by atoms with Crippen LogP contribution in [0.25, 0.3) is 0 Å². The average Bonchev–Trinajstić information content (AvgIpc) is 3.21. The third kappa shape index (κ3) is 5.15. The Kier molecular flexibility index (Phi) is 6.62. The van der Waals surface area contributed by atoms with Crippen molar-refractivity contribution in [2.24, 2.45) is 11.3 Å². The molecule has 1 unspecified atom stereocenters. The van der Waals surface area contributed by atoms with Crippen molar-refractivity contribution in [1.29, 1.82) is 0 Å². The fourth-order valence-electron chi connectivity index (χ4n) is 4.11. The number of hydrogen-bond acceptors (Lipinski definition) is 5. The van der Waals surface area contributed by atoms with Gasteiger partial charge in [-0.25, -0.2) is 4.98 Å². The van der Waals surface area contributed by atoms with Crippen LogP contribution in [0.4, 0.5) is 5.69 Å². The number of ether oxygens (including phenoxy) is 1. The number of aromatic nitrogens is 3. The van der Waals surface area contributed by atoms with Crippen LogP contribution in [-0.2, 0) is 11.3 Å². The lowest BCUT2D eigenvalue weighted by molar-refractivity contribution is 0.0470. The van der Waals surface area contributed by atoms with Gasteiger partial charge in [0.15, 0.2) is 0 Å². The second-order valence-corrected chi connectivity index (χ2v) is 9.15. The molecular formula is C23H29ClN4O2. The number of piperidine rings is 1. The van der Waals surface area contributed by atoms with Gasteiger partial charge in [0.25, 0.3) is 0 Å². The molecule has 160 valence electrons. The zero-order chi connectivity index (χ0) is 21.0. The number of rotatable bonds is 4. The molecule has 4 rings (SSSR count). The fraction of sp³-hybridized carbons (Fsp3) is 0.565. The number of pyridine rings is 1. The third-order valence-corrected chi connectivity index (χ3v) is 6.42. The first kappa shape index (κ1) is 21.2. The predicted molar refractivity (Wildman–Crippen MR) is 118 cm³/mol. The van der Waals surface area contributed by atoms with Crippen molar-refractivity contribution in [3.63, 3.8) is 0 Å². The normalized spacial score (nSPS) is 21.2. The number of anilines is 1. The molecule has 0 aliphatic carbocycles. The average molecular weight is 429 g/mol. The van der Waals surface area contributed by atoms with Crippen LogP contribution in [0, 0.1) is 23.2 Å². The highest BCUT2D eigenvalue weighted by Crippen LogP contribution is 2.34. The van der Waals surface area contributed by atoms with Gasteiger partial charge in [0.1, 0.15) is 5.15 Å². The summed E-state index contributed by atoms with van der Waals surface area (Å²) >= 11 is 6.18. The Labute approximate surface area is 183 Å². The van der Waals surface area contributed by atoms with Gasteiger partial charge in [0.2, 0.25) is 0 Å².